The molecule has 0 fully saturated rings. The number of hydrogen-bond donors (Lipinski definition) is 0. The second kappa shape index (κ2) is 6.76. The normalized spacial score (nSPS) is 19.7. The maximum atomic E-state index is 12.6. The van der Waals surface area contributed by atoms with Crippen molar-refractivity contribution in [2.24, 2.45) is 0 Å². The van der Waals surface area contributed by atoms with Crippen LogP contribution in [0.5, 0.6) is 0 Å². The molecule has 0 saturated carbocycles. The number of halogens is 2. The Bertz CT molecular complexity index is 836. The van der Waals surface area contributed by atoms with Crippen LogP contribution in [-0.2, 0) is 0 Å². The van der Waals surface area contributed by atoms with E-state index in [0.717, 1.165) is 0 Å². The minimum atomic E-state index is -1.15. The van der Waals surface area contributed by atoms with Crippen LogP contribution in [0, 0.1) is 0 Å². The molecular weight excluding hydrogens is 343 g/mol. The van der Waals surface area contributed by atoms with Gasteiger partial charge in [-0.2, -0.15) is 0 Å². The first-order valence-corrected chi connectivity index (χ1v) is 8.24. The van der Waals surface area contributed by atoms with Crippen LogP contribution < -0.4 is 0 Å². The molecule has 1 aliphatic rings. The number of ketones is 2. The zero-order valence-corrected chi connectivity index (χ0v) is 14.2. The van der Waals surface area contributed by atoms with Crippen LogP contribution in [0.15, 0.2) is 78.4 Å². The van der Waals surface area contributed by atoms with Crippen molar-refractivity contribution in [3.05, 3.63) is 94.5 Å². The van der Waals surface area contributed by atoms with Crippen molar-refractivity contribution in [3.63, 3.8) is 0 Å². The van der Waals surface area contributed by atoms with Crippen molar-refractivity contribution in [1.82, 2.24) is 0 Å². The molecule has 120 valence electrons. The lowest BCUT2D eigenvalue weighted by Gasteiger charge is -2.24. The number of rotatable bonds is 4. The maximum Gasteiger partial charge on any atom is 0.192 e. The molecule has 0 spiro atoms. The van der Waals surface area contributed by atoms with E-state index in [-0.39, 0.29) is 18.0 Å². The van der Waals surface area contributed by atoms with E-state index in [0.29, 0.717) is 21.7 Å². The highest BCUT2D eigenvalue weighted by atomic mass is 35.5. The summed E-state index contributed by atoms with van der Waals surface area (Å²) < 4.78 is 0. The van der Waals surface area contributed by atoms with E-state index in [4.69, 9.17) is 23.2 Å². The van der Waals surface area contributed by atoms with Gasteiger partial charge < -0.3 is 0 Å². The van der Waals surface area contributed by atoms with Crippen molar-refractivity contribution >= 4 is 34.8 Å². The SMILES string of the molecule is O=C(C1=CCC(Cl)(C(=O)c2ccccc2)C=C1)c1ccc(Cl)cc1. The van der Waals surface area contributed by atoms with E-state index in [1.165, 1.54) is 0 Å². The average Bonchev–Trinajstić information content (AvgIpc) is 2.62. The summed E-state index contributed by atoms with van der Waals surface area (Å²) >= 11 is 12.3. The topological polar surface area (TPSA) is 34.1 Å². The summed E-state index contributed by atoms with van der Waals surface area (Å²) in [6.07, 6.45) is 5.21. The molecule has 2 aromatic carbocycles. The van der Waals surface area contributed by atoms with Gasteiger partial charge in [-0.3, -0.25) is 9.59 Å². The third-order valence-electron chi connectivity index (χ3n) is 3.93. The van der Waals surface area contributed by atoms with Crippen molar-refractivity contribution in [1.29, 1.82) is 0 Å². The molecule has 0 aromatic heterocycles. The smallest absolute Gasteiger partial charge is 0.192 e. The summed E-state index contributed by atoms with van der Waals surface area (Å²) in [7, 11) is 0. The van der Waals surface area contributed by atoms with Crippen LogP contribution in [0.25, 0.3) is 0 Å². The second-order valence-corrected chi connectivity index (χ2v) is 6.70. The van der Waals surface area contributed by atoms with Crippen LogP contribution in [-0.4, -0.2) is 16.4 Å². The molecule has 0 aliphatic heterocycles. The standard InChI is InChI=1S/C20H14Cl2O2/c21-17-8-6-14(7-9-17)18(23)15-10-12-20(22,13-11-15)19(24)16-4-2-1-3-5-16/h1-12H,13H2. The van der Waals surface area contributed by atoms with E-state index in [2.05, 4.69) is 0 Å². The Kier molecular flexibility index (Phi) is 4.70. The molecule has 0 amide bonds. The van der Waals surface area contributed by atoms with E-state index >= 15 is 0 Å². The first-order chi connectivity index (χ1) is 11.5. The summed E-state index contributed by atoms with van der Waals surface area (Å²) in [6.45, 7) is 0. The van der Waals surface area contributed by atoms with Gasteiger partial charge in [-0.05, 0) is 30.7 Å². The summed E-state index contributed by atoms with van der Waals surface area (Å²) in [4.78, 5) is 23.9. The van der Waals surface area contributed by atoms with E-state index in [1.807, 2.05) is 6.07 Å². The highest BCUT2D eigenvalue weighted by Crippen LogP contribution is 2.32. The van der Waals surface area contributed by atoms with Gasteiger partial charge in [0.2, 0.25) is 0 Å². The fourth-order valence-corrected chi connectivity index (χ4v) is 2.93. The first kappa shape index (κ1) is 16.7. The molecule has 0 saturated heterocycles. The fourth-order valence-electron chi connectivity index (χ4n) is 2.55. The highest BCUT2D eigenvalue weighted by Gasteiger charge is 2.35. The molecule has 1 aliphatic carbocycles. The zero-order valence-electron chi connectivity index (χ0n) is 12.7. The first-order valence-electron chi connectivity index (χ1n) is 7.48. The lowest BCUT2D eigenvalue weighted by Crippen LogP contribution is -2.31. The zero-order chi connectivity index (χ0) is 17.2. The molecule has 0 heterocycles. The number of carbonyl (C=O) groups excluding carboxylic acids is 2. The van der Waals surface area contributed by atoms with E-state index < -0.39 is 4.87 Å². The number of Topliss-reactive ketones (excluding diaryl/α,β-unsaturated/α-hetero) is 2. The quantitative estimate of drug-likeness (QED) is 0.552. The number of alkyl halides is 1. The molecule has 24 heavy (non-hydrogen) atoms. The fraction of sp³-hybridized carbons (Fsp3) is 0.100. The third kappa shape index (κ3) is 3.35. The monoisotopic (exact) mass is 356 g/mol. The van der Waals surface area contributed by atoms with Crippen LogP contribution in [0.4, 0.5) is 0 Å². The van der Waals surface area contributed by atoms with Crippen LogP contribution in [0.3, 0.4) is 0 Å². The second-order valence-electron chi connectivity index (χ2n) is 5.59. The van der Waals surface area contributed by atoms with Gasteiger partial charge in [0.1, 0.15) is 4.87 Å². The van der Waals surface area contributed by atoms with Crippen molar-refractivity contribution in [2.75, 3.05) is 0 Å². The lowest BCUT2D eigenvalue weighted by molar-refractivity contribution is 0.0956. The highest BCUT2D eigenvalue weighted by molar-refractivity contribution is 6.40. The van der Waals surface area contributed by atoms with Gasteiger partial charge in [0.05, 0.1) is 0 Å². The molecule has 1 unspecified atom stereocenters. The Morgan fingerprint density at radius 2 is 1.58 bits per heavy atom. The number of allylic oxidation sites excluding steroid dienone is 4. The van der Waals surface area contributed by atoms with Gasteiger partial charge >= 0.3 is 0 Å². The van der Waals surface area contributed by atoms with Crippen LogP contribution >= 0.6 is 23.2 Å². The molecular formula is C20H14Cl2O2. The molecule has 2 aromatic rings. The molecule has 0 N–H and O–H groups in total. The molecule has 3 rings (SSSR count). The Morgan fingerprint density at radius 3 is 2.17 bits per heavy atom. The molecule has 0 radical (unpaired) electrons. The van der Waals surface area contributed by atoms with Gasteiger partial charge in [0.15, 0.2) is 11.6 Å². The van der Waals surface area contributed by atoms with E-state index in [9.17, 15) is 9.59 Å². The molecule has 2 nitrogen and oxygen atoms in total. The van der Waals surface area contributed by atoms with Gasteiger partial charge in [-0.25, -0.2) is 0 Å². The number of hydrogen-bond acceptors (Lipinski definition) is 2. The average molecular weight is 357 g/mol. The van der Waals surface area contributed by atoms with Gasteiger partial charge in [0, 0.05) is 21.7 Å². The predicted octanol–water partition coefficient (Wildman–Crippen LogP) is 5.27. The number of benzene rings is 2. The van der Waals surface area contributed by atoms with Gasteiger partial charge in [-0.1, -0.05) is 60.2 Å². The largest absolute Gasteiger partial charge is 0.292 e. The molecule has 0 bridgehead atoms. The van der Waals surface area contributed by atoms with Gasteiger partial charge in [-0.15, -0.1) is 11.6 Å². The number of carbonyl (C=O) groups is 2. The molecule has 1 atom stereocenters. The van der Waals surface area contributed by atoms with Crippen molar-refractivity contribution in [3.8, 4) is 0 Å². The van der Waals surface area contributed by atoms with Crippen LogP contribution in [0.1, 0.15) is 27.1 Å². The Hall–Kier alpha value is -2.16. The summed E-state index contributed by atoms with van der Waals surface area (Å²) in [6, 6.07) is 15.6. The Balaban J connectivity index is 1.79. The maximum absolute atomic E-state index is 12.6. The Morgan fingerprint density at radius 1 is 0.917 bits per heavy atom. The summed E-state index contributed by atoms with van der Waals surface area (Å²) in [5, 5.41) is 0.577. The minimum Gasteiger partial charge on any atom is -0.292 e. The Labute approximate surface area is 150 Å². The van der Waals surface area contributed by atoms with E-state index in [1.54, 1.807) is 66.8 Å². The van der Waals surface area contributed by atoms with Crippen LogP contribution in [0.2, 0.25) is 5.02 Å². The summed E-state index contributed by atoms with van der Waals surface area (Å²) in [5.41, 5.74) is 1.62. The summed E-state index contributed by atoms with van der Waals surface area (Å²) in [5.74, 6) is -0.288. The third-order valence-corrected chi connectivity index (χ3v) is 4.63. The van der Waals surface area contributed by atoms with Crippen molar-refractivity contribution in [2.45, 2.75) is 11.3 Å². The molecule has 4 heteroatoms. The lowest BCUT2D eigenvalue weighted by atomic mass is 9.87. The van der Waals surface area contributed by atoms with Gasteiger partial charge in [0.25, 0.3) is 0 Å². The minimum absolute atomic E-state index is 0.117. The predicted molar refractivity (Wildman–Crippen MR) is 97.0 cm³/mol. The van der Waals surface area contributed by atoms with Crippen molar-refractivity contribution < 1.29 is 9.59 Å².